The summed E-state index contributed by atoms with van der Waals surface area (Å²) in [6, 6.07) is 16.8. The zero-order chi connectivity index (χ0) is 22.0. The second kappa shape index (κ2) is 8.63. The average molecular weight is 422 g/mol. The van der Waals surface area contributed by atoms with Crippen molar-refractivity contribution >= 4 is 11.6 Å². The van der Waals surface area contributed by atoms with E-state index in [4.69, 9.17) is 0 Å². The van der Waals surface area contributed by atoms with Gasteiger partial charge in [-0.05, 0) is 72.5 Å². The Kier molecular flexibility index (Phi) is 5.75. The number of aromatic hydroxyl groups is 1. The molecule has 1 N–H and O–H groups in total. The van der Waals surface area contributed by atoms with Crippen LogP contribution in [0.1, 0.15) is 36.1 Å². The maximum Gasteiger partial charge on any atom is 0.233 e. The summed E-state index contributed by atoms with van der Waals surface area (Å²) in [5.74, 6) is -1.22. The summed E-state index contributed by atoms with van der Waals surface area (Å²) in [7, 11) is 0. The molecule has 0 saturated carbocycles. The highest BCUT2D eigenvalue weighted by Gasteiger charge is 2.48. The molecule has 158 valence electrons. The molecule has 3 atom stereocenters. The van der Waals surface area contributed by atoms with Gasteiger partial charge in [0.25, 0.3) is 0 Å². The van der Waals surface area contributed by atoms with Gasteiger partial charge in [-0.1, -0.05) is 29.4 Å². The van der Waals surface area contributed by atoms with Gasteiger partial charge in [0.05, 0.1) is 12.0 Å². The number of benzene rings is 3. The van der Waals surface area contributed by atoms with Crippen LogP contribution >= 0.6 is 0 Å². The smallest absolute Gasteiger partial charge is 0.233 e. The Morgan fingerprint density at radius 2 is 1.48 bits per heavy atom. The van der Waals surface area contributed by atoms with Gasteiger partial charge in [0, 0.05) is 5.69 Å². The monoisotopic (exact) mass is 422 g/mol. The third-order valence-corrected chi connectivity index (χ3v) is 5.69. The van der Waals surface area contributed by atoms with Crippen LogP contribution in [0.5, 0.6) is 5.75 Å². The number of carbonyl (C=O) groups is 1. The molecule has 1 saturated heterocycles. The topological polar surface area (TPSA) is 70.0 Å². The van der Waals surface area contributed by atoms with Crippen LogP contribution in [0.4, 0.5) is 14.5 Å². The molecule has 3 aromatic rings. The van der Waals surface area contributed by atoms with Gasteiger partial charge in [0.1, 0.15) is 23.4 Å². The summed E-state index contributed by atoms with van der Waals surface area (Å²) in [5.41, 5.74) is 1.99. The lowest BCUT2D eigenvalue weighted by atomic mass is 9.78. The molecule has 5 nitrogen and oxygen atoms in total. The van der Waals surface area contributed by atoms with Crippen molar-refractivity contribution in [1.29, 1.82) is 0 Å². The van der Waals surface area contributed by atoms with Gasteiger partial charge in [-0.2, -0.15) is 4.91 Å². The van der Waals surface area contributed by atoms with Crippen molar-refractivity contribution in [2.75, 3.05) is 4.90 Å². The van der Waals surface area contributed by atoms with Gasteiger partial charge in [0.2, 0.25) is 5.91 Å². The number of halogens is 2. The summed E-state index contributed by atoms with van der Waals surface area (Å²) in [6.07, 6.45) is 0.729. The van der Waals surface area contributed by atoms with Crippen LogP contribution in [-0.2, 0) is 4.79 Å². The summed E-state index contributed by atoms with van der Waals surface area (Å²) in [4.78, 5) is 26.0. The van der Waals surface area contributed by atoms with Gasteiger partial charge < -0.3 is 10.0 Å². The molecule has 1 aliphatic heterocycles. The van der Waals surface area contributed by atoms with Crippen molar-refractivity contribution in [3.05, 3.63) is 100 Å². The van der Waals surface area contributed by atoms with Crippen molar-refractivity contribution in [2.45, 2.75) is 24.9 Å². The molecular weight excluding hydrogens is 402 g/mol. The van der Waals surface area contributed by atoms with Crippen molar-refractivity contribution in [1.82, 2.24) is 0 Å². The van der Waals surface area contributed by atoms with Crippen molar-refractivity contribution in [3.63, 3.8) is 0 Å². The lowest BCUT2D eigenvalue weighted by Gasteiger charge is -2.48. The fraction of sp³-hybridized carbons (Fsp3) is 0.208. The Hall–Kier alpha value is -3.61. The molecule has 0 radical (unpaired) electrons. The number of hydrogen-bond acceptors (Lipinski definition) is 4. The van der Waals surface area contributed by atoms with Crippen LogP contribution in [0.2, 0.25) is 0 Å². The number of nitrogens with zero attached hydrogens (tertiary/aromatic N) is 2. The van der Waals surface area contributed by atoms with Crippen LogP contribution in [0.15, 0.2) is 78.0 Å². The Labute approximate surface area is 177 Å². The minimum absolute atomic E-state index is 0.112. The molecule has 3 aromatic carbocycles. The first-order chi connectivity index (χ1) is 15.0. The number of β-lactam (4-membered cyclic amide) rings is 1. The molecule has 0 bridgehead atoms. The number of rotatable bonds is 7. The lowest BCUT2D eigenvalue weighted by molar-refractivity contribution is -0.130. The molecule has 1 fully saturated rings. The quantitative estimate of drug-likeness (QED) is 0.394. The molecule has 1 amide bonds. The highest BCUT2D eigenvalue weighted by Crippen LogP contribution is 2.46. The van der Waals surface area contributed by atoms with Crippen LogP contribution < -0.4 is 4.90 Å². The third-order valence-electron chi connectivity index (χ3n) is 5.69. The van der Waals surface area contributed by atoms with Crippen LogP contribution in [0.3, 0.4) is 0 Å². The summed E-state index contributed by atoms with van der Waals surface area (Å²) < 4.78 is 26.5. The van der Waals surface area contributed by atoms with Crippen LogP contribution in [0, 0.1) is 22.5 Å². The van der Waals surface area contributed by atoms with E-state index in [-0.39, 0.29) is 17.7 Å². The van der Waals surface area contributed by atoms with Gasteiger partial charge in [0.15, 0.2) is 0 Å². The van der Waals surface area contributed by atoms with Crippen molar-refractivity contribution in [3.8, 4) is 5.75 Å². The predicted octanol–water partition coefficient (Wildman–Crippen LogP) is 5.66. The number of amides is 1. The zero-order valence-electron chi connectivity index (χ0n) is 16.5. The van der Waals surface area contributed by atoms with Crippen molar-refractivity contribution in [2.24, 2.45) is 11.1 Å². The second-order valence-corrected chi connectivity index (χ2v) is 7.58. The number of nitroso groups, excluding NO2 is 1. The number of phenols is 1. The van der Waals surface area contributed by atoms with E-state index in [0.29, 0.717) is 24.1 Å². The molecule has 1 aliphatic rings. The molecule has 31 heavy (non-hydrogen) atoms. The first-order valence-electron chi connectivity index (χ1n) is 9.93. The standard InChI is InChI=1S/C24H20F2N2O3/c25-17-5-1-15(2-6-17)22(27-31)14-13-21-23(16-3-11-20(29)12-4-16)28(24(21)30)19-9-7-18(26)8-10-19/h1-12,21-23,29H,13-14H2/t21-,22?,23-/m1/s1. The Balaban J connectivity index is 1.57. The van der Waals surface area contributed by atoms with Gasteiger partial charge in [-0.3, -0.25) is 4.79 Å². The second-order valence-electron chi connectivity index (χ2n) is 7.58. The van der Waals surface area contributed by atoms with E-state index in [1.54, 1.807) is 41.3 Å². The average Bonchev–Trinajstić information content (AvgIpc) is 2.78. The van der Waals surface area contributed by atoms with Crippen LogP contribution in [0.25, 0.3) is 0 Å². The minimum Gasteiger partial charge on any atom is -0.508 e. The first kappa shape index (κ1) is 20.7. The Morgan fingerprint density at radius 3 is 2.06 bits per heavy atom. The van der Waals surface area contributed by atoms with E-state index in [9.17, 15) is 23.6 Å². The Morgan fingerprint density at radius 1 is 0.903 bits per heavy atom. The van der Waals surface area contributed by atoms with Gasteiger partial charge >= 0.3 is 0 Å². The minimum atomic E-state index is -0.686. The molecule has 0 spiro atoms. The van der Waals surface area contributed by atoms with Crippen molar-refractivity contribution < 1.29 is 18.7 Å². The largest absolute Gasteiger partial charge is 0.508 e. The van der Waals surface area contributed by atoms with Gasteiger partial charge in [-0.25, -0.2) is 8.78 Å². The lowest BCUT2D eigenvalue weighted by Crippen LogP contribution is -2.55. The third kappa shape index (κ3) is 4.17. The zero-order valence-corrected chi connectivity index (χ0v) is 16.5. The highest BCUT2D eigenvalue weighted by atomic mass is 19.1. The molecule has 1 unspecified atom stereocenters. The highest BCUT2D eigenvalue weighted by molar-refractivity contribution is 6.03. The molecule has 0 aliphatic carbocycles. The molecule has 4 rings (SSSR count). The SMILES string of the molecule is O=NC(CC[C@H]1C(=O)N(c2ccc(F)cc2)[C@@H]1c1ccc(O)cc1)c1ccc(F)cc1. The van der Waals surface area contributed by atoms with E-state index in [2.05, 4.69) is 5.18 Å². The van der Waals surface area contributed by atoms with E-state index in [1.807, 2.05) is 0 Å². The van der Waals surface area contributed by atoms with Crippen LogP contribution in [-0.4, -0.2) is 11.0 Å². The van der Waals surface area contributed by atoms with E-state index < -0.39 is 23.6 Å². The van der Waals surface area contributed by atoms with E-state index in [0.717, 1.165) is 5.56 Å². The first-order valence-corrected chi connectivity index (χ1v) is 9.93. The molecule has 0 aromatic heterocycles. The number of anilines is 1. The van der Waals surface area contributed by atoms with E-state index in [1.165, 1.54) is 36.4 Å². The Bertz CT molecular complexity index is 1070. The number of hydrogen-bond donors (Lipinski definition) is 1. The fourth-order valence-corrected chi connectivity index (χ4v) is 4.07. The maximum absolute atomic E-state index is 13.4. The molecular formula is C24H20F2N2O3. The predicted molar refractivity (Wildman–Crippen MR) is 112 cm³/mol. The van der Waals surface area contributed by atoms with E-state index >= 15 is 0 Å². The summed E-state index contributed by atoms with van der Waals surface area (Å²) >= 11 is 0. The number of phenolic OH excluding ortho intramolecular Hbond substituents is 1. The molecule has 1 heterocycles. The summed E-state index contributed by atoms with van der Waals surface area (Å²) in [5, 5.41) is 12.8. The number of carbonyl (C=O) groups excluding carboxylic acids is 1. The normalized spacial score (nSPS) is 19.0. The summed E-state index contributed by atoms with van der Waals surface area (Å²) in [6.45, 7) is 0. The fourth-order valence-electron chi connectivity index (χ4n) is 4.07. The maximum atomic E-state index is 13.4. The van der Waals surface area contributed by atoms with Gasteiger partial charge in [-0.15, -0.1) is 0 Å². The molecule has 7 heteroatoms.